The molecule has 4 N–H and O–H groups in total. The zero-order valence-electron chi connectivity index (χ0n) is 18.6. The van der Waals surface area contributed by atoms with Crippen LogP contribution in [0.4, 0.5) is 5.13 Å². The molecule has 184 valence electrons. The number of hydrogen-bond acceptors (Lipinski definition) is 11. The Kier molecular flexibility index (Phi) is 7.43. The predicted octanol–water partition coefficient (Wildman–Crippen LogP) is 1.20. The van der Waals surface area contributed by atoms with Crippen LogP contribution in [0.5, 0.6) is 0 Å². The number of esters is 1. The van der Waals surface area contributed by atoms with E-state index in [1.54, 1.807) is 27.7 Å². The van der Waals surface area contributed by atoms with E-state index in [1.165, 1.54) is 11.8 Å². The summed E-state index contributed by atoms with van der Waals surface area (Å²) in [6, 6.07) is -1.01. The number of fused-ring (bicyclic) bond motifs is 1. The van der Waals surface area contributed by atoms with Gasteiger partial charge in [0, 0.05) is 5.75 Å². The first kappa shape index (κ1) is 25.8. The maximum Gasteiger partial charge on any atom is 0.352 e. The van der Waals surface area contributed by atoms with Gasteiger partial charge in [0.1, 0.15) is 32.7 Å². The van der Waals surface area contributed by atoms with Crippen molar-refractivity contribution in [3.8, 4) is 0 Å². The minimum absolute atomic E-state index is 0.0487. The fourth-order valence-corrected chi connectivity index (χ4v) is 5.38. The summed E-state index contributed by atoms with van der Waals surface area (Å²) in [5.74, 6) is -3.00. The van der Waals surface area contributed by atoms with Crippen LogP contribution in [-0.2, 0) is 28.8 Å². The Morgan fingerprint density at radius 3 is 2.62 bits per heavy atom. The molecule has 1 fully saturated rings. The highest BCUT2D eigenvalue weighted by Crippen LogP contribution is 2.40. The second kappa shape index (κ2) is 9.80. The molecule has 0 bridgehead atoms. The predicted molar refractivity (Wildman–Crippen MR) is 125 cm³/mol. The molecule has 0 spiro atoms. The quantitative estimate of drug-likeness (QED) is 0.201. The van der Waals surface area contributed by atoms with Crippen LogP contribution in [-0.4, -0.2) is 73.8 Å². The second-order valence-electron chi connectivity index (χ2n) is 8.27. The lowest BCUT2D eigenvalue weighted by atomic mass is 10.0. The molecule has 1 unspecified atom stereocenters. The van der Waals surface area contributed by atoms with Crippen molar-refractivity contribution < 1.29 is 33.9 Å². The van der Waals surface area contributed by atoms with Gasteiger partial charge in [0.15, 0.2) is 10.8 Å². The first-order valence-corrected chi connectivity index (χ1v) is 12.1. The lowest BCUT2D eigenvalue weighted by Gasteiger charge is -2.49. The Balaban J connectivity index is 1.78. The molecule has 2 amide bonds. The van der Waals surface area contributed by atoms with Gasteiger partial charge in [0.25, 0.3) is 11.8 Å². The molecule has 34 heavy (non-hydrogen) atoms. The number of carbonyl (C=O) groups is 4. The van der Waals surface area contributed by atoms with Crippen LogP contribution in [0.15, 0.2) is 16.4 Å². The summed E-state index contributed by atoms with van der Waals surface area (Å²) < 4.78 is 5.17. The highest BCUT2D eigenvalue weighted by atomic mass is 35.5. The van der Waals surface area contributed by atoms with Crippen LogP contribution >= 0.6 is 34.7 Å². The van der Waals surface area contributed by atoms with E-state index in [-0.39, 0.29) is 20.9 Å². The lowest BCUT2D eigenvalue weighted by Crippen LogP contribution is -2.71. The van der Waals surface area contributed by atoms with Crippen molar-refractivity contribution in [3.05, 3.63) is 21.3 Å². The Morgan fingerprint density at radius 1 is 1.38 bits per heavy atom. The molecule has 0 radical (unpaired) electrons. The van der Waals surface area contributed by atoms with Crippen molar-refractivity contribution in [3.63, 3.8) is 0 Å². The molecule has 2 aliphatic heterocycles. The summed E-state index contributed by atoms with van der Waals surface area (Å²) in [5, 5.41) is 15.1. The first-order chi connectivity index (χ1) is 15.8. The average molecular weight is 532 g/mol. The Morgan fingerprint density at radius 2 is 2.06 bits per heavy atom. The number of carboxylic acids is 1. The number of amides is 2. The van der Waals surface area contributed by atoms with Crippen molar-refractivity contribution in [1.82, 2.24) is 15.2 Å². The molecule has 2 aliphatic rings. The van der Waals surface area contributed by atoms with Crippen LogP contribution in [0.1, 0.15) is 33.4 Å². The van der Waals surface area contributed by atoms with Crippen molar-refractivity contribution in [2.24, 2.45) is 5.16 Å². The Labute approximate surface area is 207 Å². The van der Waals surface area contributed by atoms with E-state index in [2.05, 4.69) is 15.5 Å². The van der Waals surface area contributed by atoms with Gasteiger partial charge in [-0.05, 0) is 33.3 Å². The van der Waals surface area contributed by atoms with Crippen LogP contribution in [0.25, 0.3) is 0 Å². The fourth-order valence-electron chi connectivity index (χ4n) is 3.16. The number of anilines is 1. The van der Waals surface area contributed by atoms with Crippen LogP contribution in [0, 0.1) is 0 Å². The minimum atomic E-state index is -1.22. The number of hydrogen-bond donors (Lipinski definition) is 3. The fraction of sp³-hybridized carbons (Fsp3) is 0.474. The minimum Gasteiger partial charge on any atom is -0.477 e. The van der Waals surface area contributed by atoms with E-state index in [4.69, 9.17) is 26.9 Å². The van der Waals surface area contributed by atoms with Crippen LogP contribution in [0.2, 0.25) is 4.34 Å². The highest BCUT2D eigenvalue weighted by molar-refractivity contribution is 8.00. The molecular weight excluding hydrogens is 510 g/mol. The summed E-state index contributed by atoms with van der Waals surface area (Å²) in [6.45, 7) is 6.08. The van der Waals surface area contributed by atoms with Gasteiger partial charge in [-0.3, -0.25) is 14.5 Å². The van der Waals surface area contributed by atoms with Crippen molar-refractivity contribution >= 4 is 69.3 Å². The third-order valence-corrected chi connectivity index (χ3v) is 6.96. The van der Waals surface area contributed by atoms with Gasteiger partial charge in [-0.1, -0.05) is 28.1 Å². The number of ether oxygens (including phenoxy) is 1. The number of halogens is 1. The summed E-state index contributed by atoms with van der Waals surface area (Å²) in [7, 11) is 0. The zero-order valence-corrected chi connectivity index (χ0v) is 21.0. The first-order valence-electron chi connectivity index (χ1n) is 9.82. The zero-order chi connectivity index (χ0) is 25.4. The van der Waals surface area contributed by atoms with Gasteiger partial charge in [-0.15, -0.1) is 11.8 Å². The number of oxime groups is 1. The topological polar surface area (TPSA) is 174 Å². The summed E-state index contributed by atoms with van der Waals surface area (Å²) in [4.78, 5) is 59.3. The smallest absolute Gasteiger partial charge is 0.352 e. The molecule has 0 saturated carbocycles. The number of rotatable bonds is 7. The van der Waals surface area contributed by atoms with Gasteiger partial charge >= 0.3 is 11.9 Å². The summed E-state index contributed by atoms with van der Waals surface area (Å²) >= 11 is 8.34. The summed E-state index contributed by atoms with van der Waals surface area (Å²) in [6.07, 6.45) is 0. The molecule has 3 heterocycles. The molecule has 3 rings (SSSR count). The van der Waals surface area contributed by atoms with E-state index in [1.807, 2.05) is 0 Å². The molecule has 2 atom stereocenters. The molecule has 1 aromatic rings. The van der Waals surface area contributed by atoms with Crippen molar-refractivity contribution in [2.45, 2.75) is 44.7 Å². The average Bonchev–Trinajstić information content (AvgIpc) is 3.05. The number of thioether (sulfide) groups is 1. The standard InChI is InChI=1S/C19H22ClN5O7S2/c1-7-6-33-16-11(15(28)25(16)12(7)17(29)30)22-14(27)10(9-13(20)34-18(21)23-9)24-31-5-8(26)32-19(2,3)4/h11,16H,5-6H2,1-4H3,(H2,21,23)(H,22,27)(H,29,30)/b24-10+/t11?,16-/m1/s1. The number of nitrogen functional groups attached to an aromatic ring is 1. The number of nitrogens with one attached hydrogen (secondary N) is 1. The third-order valence-electron chi connectivity index (χ3n) is 4.45. The Bertz CT molecular complexity index is 1110. The van der Waals surface area contributed by atoms with Gasteiger partial charge in [-0.25, -0.2) is 14.6 Å². The van der Waals surface area contributed by atoms with E-state index >= 15 is 0 Å². The van der Waals surface area contributed by atoms with E-state index in [9.17, 15) is 24.3 Å². The number of β-lactam (4-membered cyclic amide) rings is 1. The van der Waals surface area contributed by atoms with E-state index in [0.29, 0.717) is 11.3 Å². The van der Waals surface area contributed by atoms with Crippen molar-refractivity contribution in [2.75, 3.05) is 18.1 Å². The van der Waals surface area contributed by atoms with Gasteiger partial charge in [0.05, 0.1) is 0 Å². The molecule has 1 saturated heterocycles. The number of nitrogens with zero attached hydrogens (tertiary/aromatic N) is 3. The molecular formula is C19H22ClN5O7S2. The number of nitrogens with two attached hydrogens (primary N) is 1. The third kappa shape index (κ3) is 5.45. The van der Waals surface area contributed by atoms with Crippen LogP contribution < -0.4 is 11.1 Å². The number of thiazole rings is 1. The second-order valence-corrected chi connectivity index (χ2v) is 11.0. The van der Waals surface area contributed by atoms with E-state index in [0.717, 1.165) is 16.2 Å². The molecule has 1 aromatic heterocycles. The van der Waals surface area contributed by atoms with Gasteiger partial charge in [-0.2, -0.15) is 0 Å². The molecule has 12 nitrogen and oxygen atoms in total. The molecule has 0 aromatic carbocycles. The van der Waals surface area contributed by atoms with E-state index < -0.39 is 53.1 Å². The van der Waals surface area contributed by atoms with Gasteiger partial charge < -0.3 is 25.7 Å². The number of carboxylic acid groups (broad SMARTS) is 1. The number of carbonyl (C=O) groups excluding carboxylic acids is 3. The largest absolute Gasteiger partial charge is 0.477 e. The molecule has 0 aliphatic carbocycles. The SMILES string of the molecule is CC1=C(C(=O)O)N2C(=O)C(NC(=O)/C(=N/OCC(=O)OC(C)(C)C)c3nc(N)sc3Cl)[C@H]2SC1. The monoisotopic (exact) mass is 531 g/mol. The Hall–Kier alpha value is -2.84. The maximum absolute atomic E-state index is 13.0. The van der Waals surface area contributed by atoms with Gasteiger partial charge in [0.2, 0.25) is 6.61 Å². The van der Waals surface area contributed by atoms with Crippen molar-refractivity contribution in [1.29, 1.82) is 0 Å². The number of aromatic nitrogens is 1. The lowest BCUT2D eigenvalue weighted by molar-refractivity contribution is -0.160. The van der Waals surface area contributed by atoms with Crippen LogP contribution in [0.3, 0.4) is 0 Å². The highest BCUT2D eigenvalue weighted by Gasteiger charge is 2.54. The number of aliphatic carboxylic acids is 1. The normalized spacial score (nSPS) is 20.4. The molecule has 15 heteroatoms. The summed E-state index contributed by atoms with van der Waals surface area (Å²) in [5.41, 5.74) is 4.88. The maximum atomic E-state index is 13.0.